The van der Waals surface area contributed by atoms with Crippen molar-refractivity contribution in [1.29, 1.82) is 0 Å². The van der Waals surface area contributed by atoms with E-state index in [-0.39, 0.29) is 36.3 Å². The van der Waals surface area contributed by atoms with Gasteiger partial charge in [0, 0.05) is 31.3 Å². The molecule has 1 aromatic rings. The Morgan fingerprint density at radius 2 is 1.83 bits per heavy atom. The third-order valence-corrected chi connectivity index (χ3v) is 8.15. The summed E-state index contributed by atoms with van der Waals surface area (Å²) < 4.78 is 5.13. The number of nitrogens with one attached hydrogen (secondary N) is 1. The molecule has 41 heavy (non-hydrogen) atoms. The number of amides is 2. The van der Waals surface area contributed by atoms with Crippen molar-refractivity contribution in [3.63, 3.8) is 0 Å². The molecule has 0 spiro atoms. The number of likely N-dealkylation sites (N-methyl/N-ethyl adjacent to an activating group) is 1. The van der Waals surface area contributed by atoms with Crippen LogP contribution in [0.2, 0.25) is 0 Å². The molecule has 0 radical (unpaired) electrons. The third kappa shape index (κ3) is 4.58. The number of benzene rings is 1. The Hall–Kier alpha value is -4.10. The van der Waals surface area contributed by atoms with E-state index in [0.29, 0.717) is 17.7 Å². The van der Waals surface area contributed by atoms with Gasteiger partial charge in [0.2, 0.25) is 5.78 Å². The molecule has 1 saturated carbocycles. The molecule has 1 fully saturated rings. The number of nitrogens with two attached hydrogens (primary N) is 1. The summed E-state index contributed by atoms with van der Waals surface area (Å²) in [5.74, 6) is -7.44. The zero-order valence-electron chi connectivity index (χ0n) is 23.6. The fraction of sp³-hybridized carbons (Fsp3) is 0.500. The summed E-state index contributed by atoms with van der Waals surface area (Å²) in [6, 6.07) is 0.356. The summed E-state index contributed by atoms with van der Waals surface area (Å²) in [5.41, 5.74) is 2.27. The van der Waals surface area contributed by atoms with Gasteiger partial charge in [-0.3, -0.25) is 24.6 Å². The monoisotopic (exact) mass is 572 g/mol. The second kappa shape index (κ2) is 10.7. The summed E-state index contributed by atoms with van der Waals surface area (Å²) in [6.45, 7) is 2.10. The van der Waals surface area contributed by atoms with Crippen LogP contribution in [0.1, 0.15) is 37.3 Å². The van der Waals surface area contributed by atoms with Crippen molar-refractivity contribution in [2.75, 3.05) is 45.0 Å². The van der Waals surface area contributed by atoms with Crippen LogP contribution in [0.3, 0.4) is 0 Å². The number of fused-ring (bicyclic) bond motifs is 3. The number of hydrogen-bond donors (Lipinski definition) is 6. The molecule has 3 aliphatic carbocycles. The molecule has 0 aromatic heterocycles. The second-order valence-electron chi connectivity index (χ2n) is 11.1. The van der Waals surface area contributed by atoms with Gasteiger partial charge in [0.1, 0.15) is 17.1 Å². The van der Waals surface area contributed by atoms with Gasteiger partial charge in [0.05, 0.1) is 23.9 Å². The maximum absolute atomic E-state index is 14.0. The van der Waals surface area contributed by atoms with E-state index in [1.807, 2.05) is 6.92 Å². The Bertz CT molecular complexity index is 1400. The van der Waals surface area contributed by atoms with Crippen LogP contribution in [0.5, 0.6) is 5.75 Å². The van der Waals surface area contributed by atoms with E-state index >= 15 is 0 Å². The van der Waals surface area contributed by atoms with E-state index in [1.54, 1.807) is 19.0 Å². The number of aliphatic hydroxyl groups excluding tert-OH is 2. The largest absolute Gasteiger partial charge is 0.508 e. The van der Waals surface area contributed by atoms with Gasteiger partial charge >= 0.3 is 6.09 Å². The lowest BCUT2D eigenvalue weighted by molar-refractivity contribution is -0.153. The third-order valence-electron chi connectivity index (χ3n) is 8.15. The summed E-state index contributed by atoms with van der Waals surface area (Å²) >= 11 is 0. The summed E-state index contributed by atoms with van der Waals surface area (Å²) in [4.78, 5) is 54.9. The minimum atomic E-state index is -2.73. The number of ketones is 2. The van der Waals surface area contributed by atoms with Crippen LogP contribution >= 0.6 is 0 Å². The van der Waals surface area contributed by atoms with Crippen LogP contribution in [-0.4, -0.2) is 95.3 Å². The van der Waals surface area contributed by atoms with Crippen molar-refractivity contribution in [2.24, 2.45) is 17.6 Å². The number of nitrogens with zero attached hydrogens (tertiary/aromatic N) is 2. The van der Waals surface area contributed by atoms with Crippen molar-refractivity contribution < 1.29 is 44.3 Å². The molecule has 4 rings (SSSR count). The number of phenolic OH excluding ortho intramolecular Hbond substituents is 1. The number of anilines is 2. The van der Waals surface area contributed by atoms with Gasteiger partial charge in [0.25, 0.3) is 5.91 Å². The average Bonchev–Trinajstić information content (AvgIpc) is 2.87. The minimum absolute atomic E-state index is 0.0247. The quantitative estimate of drug-likeness (QED) is 0.156. The highest BCUT2D eigenvalue weighted by Crippen LogP contribution is 2.54. The van der Waals surface area contributed by atoms with Gasteiger partial charge in [-0.05, 0) is 50.9 Å². The lowest BCUT2D eigenvalue weighted by Gasteiger charge is -2.50. The van der Waals surface area contributed by atoms with Crippen molar-refractivity contribution in [2.45, 2.75) is 44.2 Å². The number of Topliss-reactive ketones (excluding diaryl/α,β-unsaturated/α-hetero) is 2. The first-order chi connectivity index (χ1) is 19.2. The van der Waals surface area contributed by atoms with E-state index in [1.165, 1.54) is 25.1 Å². The highest BCUT2D eigenvalue weighted by molar-refractivity contribution is 6.24. The number of unbranched alkanes of at least 4 members (excludes halogenated alkanes) is 1. The Labute approximate surface area is 236 Å². The Kier molecular flexibility index (Phi) is 7.80. The number of phenols is 1. The van der Waals surface area contributed by atoms with Crippen molar-refractivity contribution in [1.82, 2.24) is 4.90 Å². The first-order valence-corrected chi connectivity index (χ1v) is 13.3. The predicted octanol–water partition coefficient (Wildman–Crippen LogP) is 1.38. The highest BCUT2D eigenvalue weighted by Gasteiger charge is 2.64. The molecule has 2 unspecified atom stereocenters. The molecule has 13 heteroatoms. The standard InChI is InChI=1S/C28H36N4O9/c1-6-7-8-41-27(39)30-15-11-16(31(2)3)13-9-12-10-14-20(32(4)5)23(35)19(26(29)38)25(37)28(14,40)24(36)17(12)22(34)18(13)21(15)33/h11-12,14,20,33-34,37,40H,6-10H2,1-5H3,(H2,29,38)(H,30,39)/t12?,14?,20-,28-/m0/s1. The van der Waals surface area contributed by atoms with Gasteiger partial charge < -0.3 is 35.8 Å². The molecule has 4 atom stereocenters. The normalized spacial score (nSPS) is 25.5. The van der Waals surface area contributed by atoms with Crippen LogP contribution in [0, 0.1) is 11.8 Å². The van der Waals surface area contributed by atoms with Crippen LogP contribution in [0.4, 0.5) is 16.2 Å². The van der Waals surface area contributed by atoms with Gasteiger partial charge in [-0.15, -0.1) is 0 Å². The fourth-order valence-electron chi connectivity index (χ4n) is 6.24. The molecule has 222 valence electrons. The minimum Gasteiger partial charge on any atom is -0.508 e. The molecule has 7 N–H and O–H groups in total. The molecule has 0 bridgehead atoms. The summed E-state index contributed by atoms with van der Waals surface area (Å²) in [5, 5.41) is 47.9. The molecule has 3 aliphatic rings. The van der Waals surface area contributed by atoms with E-state index < -0.39 is 69.9 Å². The van der Waals surface area contributed by atoms with Crippen LogP contribution in [0.15, 0.2) is 23.0 Å². The number of hydrogen-bond acceptors (Lipinski definition) is 11. The van der Waals surface area contributed by atoms with Crippen molar-refractivity contribution in [3.05, 3.63) is 34.1 Å². The molecule has 1 aromatic carbocycles. The van der Waals surface area contributed by atoms with Crippen molar-refractivity contribution >= 4 is 40.7 Å². The van der Waals surface area contributed by atoms with Gasteiger partial charge in [0.15, 0.2) is 17.1 Å². The van der Waals surface area contributed by atoms with Crippen LogP contribution < -0.4 is 16.0 Å². The molecule has 0 heterocycles. The Morgan fingerprint density at radius 1 is 1.17 bits per heavy atom. The zero-order valence-corrected chi connectivity index (χ0v) is 23.6. The number of ether oxygens (including phenoxy) is 1. The highest BCUT2D eigenvalue weighted by atomic mass is 16.5. The van der Waals surface area contributed by atoms with Crippen LogP contribution in [-0.2, 0) is 25.5 Å². The Morgan fingerprint density at radius 3 is 2.39 bits per heavy atom. The molecular weight excluding hydrogens is 536 g/mol. The first-order valence-electron chi connectivity index (χ1n) is 13.3. The van der Waals surface area contributed by atoms with Gasteiger partial charge in [-0.1, -0.05) is 13.3 Å². The lowest BCUT2D eigenvalue weighted by Crippen LogP contribution is -2.65. The van der Waals surface area contributed by atoms with Crippen molar-refractivity contribution in [3.8, 4) is 5.75 Å². The number of primary amides is 1. The maximum Gasteiger partial charge on any atom is 0.411 e. The van der Waals surface area contributed by atoms with E-state index in [0.717, 1.165) is 6.42 Å². The van der Waals surface area contributed by atoms with E-state index in [2.05, 4.69) is 5.32 Å². The SMILES string of the molecule is CCCCOC(=O)Nc1cc(N(C)C)c2c(c1O)C(O)=C1C(=O)[C@]3(O)C(O)=C(C(N)=O)C(=O)[C@@H](N(C)C)C3CC1C2. The Balaban J connectivity index is 1.90. The molecule has 0 saturated heterocycles. The average molecular weight is 573 g/mol. The number of carbonyl (C=O) groups excluding carboxylic acids is 4. The summed E-state index contributed by atoms with van der Waals surface area (Å²) in [7, 11) is 6.54. The van der Waals surface area contributed by atoms with E-state index in [4.69, 9.17) is 10.5 Å². The zero-order chi connectivity index (χ0) is 30.5. The number of carbonyl (C=O) groups is 4. The number of rotatable bonds is 7. The van der Waals surface area contributed by atoms with E-state index in [9.17, 15) is 39.6 Å². The second-order valence-corrected chi connectivity index (χ2v) is 11.1. The topological polar surface area (TPSA) is 203 Å². The number of aromatic hydroxyl groups is 1. The van der Waals surface area contributed by atoms with Crippen LogP contribution in [0.25, 0.3) is 5.76 Å². The first kappa shape index (κ1) is 29.9. The maximum atomic E-state index is 14.0. The molecular formula is C28H36N4O9. The fourth-order valence-corrected chi connectivity index (χ4v) is 6.24. The molecule has 13 nitrogen and oxygen atoms in total. The smallest absolute Gasteiger partial charge is 0.411 e. The molecule has 0 aliphatic heterocycles. The summed E-state index contributed by atoms with van der Waals surface area (Å²) in [6.07, 6.45) is 0.730. The molecule has 2 amide bonds. The lowest BCUT2D eigenvalue weighted by atomic mass is 9.57. The predicted molar refractivity (Wildman–Crippen MR) is 148 cm³/mol. The number of aliphatic hydroxyl groups is 3. The van der Waals surface area contributed by atoms with Gasteiger partial charge in [-0.25, -0.2) is 4.79 Å². The van der Waals surface area contributed by atoms with Gasteiger partial charge in [-0.2, -0.15) is 0 Å².